The van der Waals surface area contributed by atoms with Gasteiger partial charge in [-0.25, -0.2) is 4.31 Å². The highest BCUT2D eigenvalue weighted by molar-refractivity contribution is 8.56. The van der Waals surface area contributed by atoms with E-state index in [4.69, 9.17) is 26.0 Å². The molecule has 0 saturated carbocycles. The van der Waals surface area contributed by atoms with Crippen LogP contribution in [-0.2, 0) is 21.3 Å². The van der Waals surface area contributed by atoms with E-state index in [0.717, 1.165) is 51.7 Å². The molecule has 2 atom stereocenters. The molecule has 0 spiro atoms. The second kappa shape index (κ2) is 11.3. The van der Waals surface area contributed by atoms with Crippen molar-refractivity contribution in [1.29, 1.82) is 0 Å². The van der Waals surface area contributed by atoms with Crippen molar-refractivity contribution in [1.82, 2.24) is 9.62 Å². The number of methoxy groups -OCH3 is 1. The molecule has 23 heavy (non-hydrogen) atoms. The van der Waals surface area contributed by atoms with Crippen LogP contribution in [0.5, 0.6) is 5.75 Å². The third-order valence-electron chi connectivity index (χ3n) is 3.53. The number of rotatable bonds is 4. The zero-order valence-electron chi connectivity index (χ0n) is 13.3. The number of benzene rings is 1. The maximum atomic E-state index is 5.79. The summed E-state index contributed by atoms with van der Waals surface area (Å²) >= 11 is 6.74. The third-order valence-corrected chi connectivity index (χ3v) is 5.86. The Morgan fingerprint density at radius 1 is 1.26 bits per heavy atom. The van der Waals surface area contributed by atoms with Crippen LogP contribution in [0.25, 0.3) is 0 Å². The average molecular weight is 375 g/mol. The fourth-order valence-corrected chi connectivity index (χ4v) is 4.54. The maximum absolute atomic E-state index is 5.79. The van der Waals surface area contributed by atoms with Gasteiger partial charge in [0.05, 0.1) is 33.0 Å². The first-order chi connectivity index (χ1) is 11.3. The van der Waals surface area contributed by atoms with Crippen molar-refractivity contribution in [2.75, 3.05) is 53.1 Å². The molecular weight excluding hydrogens is 351 g/mol. The van der Waals surface area contributed by atoms with Crippen molar-refractivity contribution < 1.29 is 14.2 Å². The first-order valence-electron chi connectivity index (χ1n) is 7.66. The van der Waals surface area contributed by atoms with E-state index in [0.29, 0.717) is 6.56 Å². The fourth-order valence-electron chi connectivity index (χ4n) is 2.30. The van der Waals surface area contributed by atoms with Gasteiger partial charge in [-0.1, -0.05) is 12.1 Å². The summed E-state index contributed by atoms with van der Waals surface area (Å²) in [5, 5.41) is 3.16. The van der Waals surface area contributed by atoms with Crippen LogP contribution in [0.1, 0.15) is 11.7 Å². The lowest BCUT2D eigenvalue weighted by Crippen LogP contribution is -2.32. The molecular formula is C15H24N2O3PS2+. The lowest BCUT2D eigenvalue weighted by atomic mass is 10.1. The van der Waals surface area contributed by atoms with E-state index >= 15 is 0 Å². The molecule has 8 heteroatoms. The molecule has 128 valence electrons. The lowest BCUT2D eigenvalue weighted by molar-refractivity contribution is 0.000991. The smallest absolute Gasteiger partial charge is 0.247 e. The van der Waals surface area contributed by atoms with Gasteiger partial charge in [0.15, 0.2) is 23.4 Å². The topological polar surface area (TPSA) is 43.0 Å². The average Bonchev–Trinajstić information content (AvgIpc) is 2.64. The van der Waals surface area contributed by atoms with Crippen LogP contribution in [0.4, 0.5) is 0 Å². The second-order valence-corrected chi connectivity index (χ2v) is 8.47. The molecule has 2 aliphatic heterocycles. The van der Waals surface area contributed by atoms with E-state index in [-0.39, 0.29) is 6.10 Å². The highest BCUT2D eigenvalue weighted by Gasteiger charge is 2.24. The van der Waals surface area contributed by atoms with Gasteiger partial charge < -0.3 is 19.5 Å². The molecule has 3 rings (SSSR count). The van der Waals surface area contributed by atoms with Gasteiger partial charge in [0.2, 0.25) is 6.56 Å². The summed E-state index contributed by atoms with van der Waals surface area (Å²) in [6.07, 6.45) is 0.147. The minimum Gasteiger partial charge on any atom is -0.497 e. The van der Waals surface area contributed by atoms with Gasteiger partial charge in [0, 0.05) is 26.2 Å². The van der Waals surface area contributed by atoms with Gasteiger partial charge in [-0.05, 0) is 17.7 Å². The Kier molecular flexibility index (Phi) is 9.38. The van der Waals surface area contributed by atoms with E-state index in [2.05, 4.69) is 21.8 Å². The van der Waals surface area contributed by atoms with Gasteiger partial charge in [-0.2, -0.15) is 0 Å². The van der Waals surface area contributed by atoms with Gasteiger partial charge in [0.25, 0.3) is 0 Å². The van der Waals surface area contributed by atoms with Crippen LogP contribution in [0, 0.1) is 0 Å². The Hall–Kier alpha value is -0.270. The molecule has 5 nitrogen and oxygen atoms in total. The summed E-state index contributed by atoms with van der Waals surface area (Å²) in [7, 11) is 1.68. The molecule has 0 radical (unpaired) electrons. The summed E-state index contributed by atoms with van der Waals surface area (Å²) in [6.45, 7) is 6.95. The first kappa shape index (κ1) is 19.1. The molecule has 2 saturated heterocycles. The highest BCUT2D eigenvalue weighted by Crippen LogP contribution is 2.31. The standard InChI is InChI=1S/C11H14NO2PS2.C4H9NO/c1-13-10-4-2-9(3-5-10)11-8-12(17-15-16)6-7-14-11;1-3-6-4-2-5-1/h2-5,11H,6-8H2,1H3;5H,1-4H2/p+1. The Morgan fingerprint density at radius 2 is 2.00 bits per heavy atom. The molecule has 0 aromatic heterocycles. The van der Waals surface area contributed by atoms with Crippen molar-refractivity contribution >= 4 is 29.9 Å². The number of morpholine rings is 2. The van der Waals surface area contributed by atoms with Crippen LogP contribution >= 0.6 is 18.1 Å². The minimum atomic E-state index is 0.147. The number of ether oxygens (including phenoxy) is 3. The van der Waals surface area contributed by atoms with Gasteiger partial charge in [-0.15, -0.1) is 0 Å². The summed E-state index contributed by atoms with van der Waals surface area (Å²) in [5.41, 5.74) is 1.20. The Balaban J connectivity index is 0.000000268. The number of nitrogens with zero attached hydrogens (tertiary/aromatic N) is 1. The summed E-state index contributed by atoms with van der Waals surface area (Å²) < 4.78 is 18.2. The third kappa shape index (κ3) is 7.01. The second-order valence-electron chi connectivity index (χ2n) is 5.06. The van der Waals surface area contributed by atoms with Gasteiger partial charge in [0.1, 0.15) is 5.75 Å². The van der Waals surface area contributed by atoms with Crippen molar-refractivity contribution in [3.63, 3.8) is 0 Å². The number of hydrogen-bond donors (Lipinski definition) is 1. The summed E-state index contributed by atoms with van der Waals surface area (Å²) in [6, 6.07) is 8.07. The fraction of sp³-hybridized carbons (Fsp3) is 0.600. The monoisotopic (exact) mass is 375 g/mol. The van der Waals surface area contributed by atoms with E-state index in [1.807, 2.05) is 12.1 Å². The molecule has 2 heterocycles. The van der Waals surface area contributed by atoms with Gasteiger partial charge in [-0.3, -0.25) is 0 Å². The van der Waals surface area contributed by atoms with Crippen molar-refractivity contribution in [3.05, 3.63) is 29.8 Å². The highest BCUT2D eigenvalue weighted by atomic mass is 32.9. The van der Waals surface area contributed by atoms with E-state index in [9.17, 15) is 0 Å². The summed E-state index contributed by atoms with van der Waals surface area (Å²) in [5.74, 6) is 0.878. The molecule has 1 aromatic rings. The Morgan fingerprint density at radius 3 is 2.52 bits per heavy atom. The van der Waals surface area contributed by atoms with Crippen LogP contribution in [0.3, 0.4) is 0 Å². The van der Waals surface area contributed by atoms with E-state index < -0.39 is 0 Å². The number of hydrogen-bond acceptors (Lipinski definition) is 7. The predicted molar refractivity (Wildman–Crippen MR) is 100 cm³/mol. The zero-order chi connectivity index (χ0) is 16.3. The molecule has 2 fully saturated rings. The molecule has 2 aliphatic rings. The predicted octanol–water partition coefficient (Wildman–Crippen LogP) is 2.38. The molecule has 0 aliphatic carbocycles. The molecule has 0 bridgehead atoms. The minimum absolute atomic E-state index is 0.147. The Labute approximate surface area is 148 Å². The summed E-state index contributed by atoms with van der Waals surface area (Å²) in [4.78, 5) is 0. The largest absolute Gasteiger partial charge is 0.497 e. The SMILES string of the molecule is C1COCCN1.COc1ccc(C2CN(S[PH+]=S)CCO2)cc1. The van der Waals surface area contributed by atoms with Crippen LogP contribution in [-0.4, -0.2) is 57.4 Å². The normalized spacial score (nSPS) is 22.2. The maximum Gasteiger partial charge on any atom is 0.247 e. The van der Waals surface area contributed by atoms with Crippen molar-refractivity contribution in [2.24, 2.45) is 0 Å². The quantitative estimate of drug-likeness (QED) is 0.640. The molecule has 1 N–H and O–H groups in total. The lowest BCUT2D eigenvalue weighted by Gasteiger charge is -2.29. The van der Waals surface area contributed by atoms with Crippen LogP contribution in [0.15, 0.2) is 24.3 Å². The van der Waals surface area contributed by atoms with Crippen molar-refractivity contribution in [2.45, 2.75) is 6.10 Å². The van der Waals surface area contributed by atoms with Crippen LogP contribution in [0.2, 0.25) is 0 Å². The van der Waals surface area contributed by atoms with E-state index in [1.54, 1.807) is 18.7 Å². The molecule has 2 unspecified atom stereocenters. The zero-order valence-corrected chi connectivity index (χ0v) is 16.0. The van der Waals surface area contributed by atoms with Gasteiger partial charge >= 0.3 is 0 Å². The number of nitrogens with one attached hydrogen (secondary N) is 1. The van der Waals surface area contributed by atoms with E-state index in [1.165, 1.54) is 5.56 Å². The van der Waals surface area contributed by atoms with Crippen molar-refractivity contribution in [3.8, 4) is 5.75 Å². The first-order valence-corrected chi connectivity index (χ1v) is 11.3. The Bertz CT molecular complexity index is 449. The van der Waals surface area contributed by atoms with Crippen LogP contribution < -0.4 is 10.1 Å². The molecule has 1 aromatic carbocycles. The molecule has 0 amide bonds.